The third-order valence-corrected chi connectivity index (χ3v) is 6.46. The van der Waals surface area contributed by atoms with E-state index in [2.05, 4.69) is 31.9 Å². The Hall–Kier alpha value is -3.42. The van der Waals surface area contributed by atoms with Crippen molar-refractivity contribution in [2.75, 3.05) is 0 Å². The van der Waals surface area contributed by atoms with E-state index >= 15 is 0 Å². The van der Waals surface area contributed by atoms with Gasteiger partial charge in [0, 0.05) is 28.6 Å². The molecule has 3 heterocycles. The van der Waals surface area contributed by atoms with Crippen LogP contribution in [-0.4, -0.2) is 24.1 Å². The zero-order valence-corrected chi connectivity index (χ0v) is 19.4. The fourth-order valence-corrected chi connectivity index (χ4v) is 4.54. The van der Waals surface area contributed by atoms with Gasteiger partial charge in [0.2, 0.25) is 0 Å². The van der Waals surface area contributed by atoms with Crippen molar-refractivity contribution in [2.45, 2.75) is 24.4 Å². The van der Waals surface area contributed by atoms with Gasteiger partial charge in [-0.25, -0.2) is 4.98 Å². The minimum atomic E-state index is -0.0908. The van der Waals surface area contributed by atoms with Crippen molar-refractivity contribution in [3.05, 3.63) is 111 Å². The van der Waals surface area contributed by atoms with Crippen molar-refractivity contribution in [1.29, 1.82) is 0 Å². The first-order valence-electron chi connectivity index (χ1n) is 10.4. The Balaban J connectivity index is 1.47. The van der Waals surface area contributed by atoms with Crippen molar-refractivity contribution >= 4 is 29.0 Å². The third-order valence-electron chi connectivity index (χ3n) is 5.21. The van der Waals surface area contributed by atoms with Crippen LogP contribution < -0.4 is 5.56 Å². The highest BCUT2D eigenvalue weighted by molar-refractivity contribution is 7.98. The lowest BCUT2D eigenvalue weighted by Gasteiger charge is -2.11. The van der Waals surface area contributed by atoms with Crippen LogP contribution in [0.25, 0.3) is 17.0 Å². The molecule has 5 rings (SSSR count). The van der Waals surface area contributed by atoms with Gasteiger partial charge >= 0.3 is 0 Å². The first-order chi connectivity index (χ1) is 16.1. The minimum absolute atomic E-state index is 0.0908. The number of thioether (sulfide) groups is 1. The fourth-order valence-electron chi connectivity index (χ4n) is 3.59. The number of hydrogen-bond donors (Lipinski definition) is 0. The molecule has 164 valence electrons. The fraction of sp³-hybridized carbons (Fsp3) is 0.120. The van der Waals surface area contributed by atoms with E-state index in [1.54, 1.807) is 16.7 Å². The lowest BCUT2D eigenvalue weighted by molar-refractivity contribution is 0.714. The number of rotatable bonds is 6. The van der Waals surface area contributed by atoms with Gasteiger partial charge in [-0.05, 0) is 48.4 Å². The molecule has 0 unspecified atom stereocenters. The molecule has 0 amide bonds. The van der Waals surface area contributed by atoms with Gasteiger partial charge in [0.1, 0.15) is 5.65 Å². The molecule has 0 aliphatic carbocycles. The first-order valence-corrected chi connectivity index (χ1v) is 11.8. The zero-order chi connectivity index (χ0) is 22.8. The molecule has 0 fully saturated rings. The normalized spacial score (nSPS) is 11.2. The van der Waals surface area contributed by atoms with Gasteiger partial charge in [0.05, 0.1) is 12.2 Å². The number of nitrogens with zero attached hydrogens (tertiary/aromatic N) is 5. The van der Waals surface area contributed by atoms with Crippen molar-refractivity contribution in [3.8, 4) is 11.4 Å². The second-order valence-electron chi connectivity index (χ2n) is 7.69. The second kappa shape index (κ2) is 9.21. The van der Waals surface area contributed by atoms with Gasteiger partial charge in [-0.3, -0.25) is 13.8 Å². The molecular weight excluding hydrogens is 454 g/mol. The van der Waals surface area contributed by atoms with Gasteiger partial charge in [0.15, 0.2) is 11.0 Å². The molecule has 0 bridgehead atoms. The van der Waals surface area contributed by atoms with E-state index in [-0.39, 0.29) is 5.56 Å². The van der Waals surface area contributed by atoms with Gasteiger partial charge in [-0.15, -0.1) is 10.2 Å². The molecular formula is C25H20ClN5OS. The van der Waals surface area contributed by atoms with Gasteiger partial charge in [-0.2, -0.15) is 0 Å². The predicted octanol–water partition coefficient (Wildman–Crippen LogP) is 5.26. The summed E-state index contributed by atoms with van der Waals surface area (Å²) in [5.74, 6) is 1.27. The van der Waals surface area contributed by atoms with Crippen molar-refractivity contribution in [1.82, 2.24) is 24.1 Å². The Labute approximate surface area is 199 Å². The average Bonchev–Trinajstić information content (AvgIpc) is 3.21. The maximum atomic E-state index is 12.6. The molecule has 0 saturated heterocycles. The monoisotopic (exact) mass is 473 g/mol. The average molecular weight is 474 g/mol. The summed E-state index contributed by atoms with van der Waals surface area (Å²) in [5.41, 5.74) is 4.34. The predicted molar refractivity (Wildman–Crippen MR) is 132 cm³/mol. The van der Waals surface area contributed by atoms with Crippen LogP contribution in [0.5, 0.6) is 0 Å². The van der Waals surface area contributed by atoms with E-state index in [1.807, 2.05) is 61.5 Å². The van der Waals surface area contributed by atoms with Crippen LogP contribution in [0.1, 0.15) is 16.8 Å². The summed E-state index contributed by atoms with van der Waals surface area (Å²) in [7, 11) is 0. The molecule has 8 heteroatoms. The first kappa shape index (κ1) is 21.4. The zero-order valence-electron chi connectivity index (χ0n) is 17.9. The smallest absolute Gasteiger partial charge is 0.258 e. The summed E-state index contributed by atoms with van der Waals surface area (Å²) in [4.78, 5) is 17.2. The Morgan fingerprint density at radius 1 is 0.970 bits per heavy atom. The summed E-state index contributed by atoms with van der Waals surface area (Å²) in [6.45, 7) is 2.58. The second-order valence-corrected chi connectivity index (χ2v) is 9.07. The number of fused-ring (bicyclic) bond motifs is 1. The van der Waals surface area contributed by atoms with Crippen LogP contribution >= 0.6 is 23.4 Å². The SMILES string of the molecule is Cc1ccc2nc(CSc3nnc(-c4ccc(Cl)cc4)n3Cc3ccccc3)cc(=O)n2c1. The Morgan fingerprint density at radius 3 is 2.55 bits per heavy atom. The van der Waals surface area contributed by atoms with Crippen LogP contribution in [0.15, 0.2) is 88.9 Å². The highest BCUT2D eigenvalue weighted by Crippen LogP contribution is 2.27. The maximum Gasteiger partial charge on any atom is 0.258 e. The van der Waals surface area contributed by atoms with Crippen molar-refractivity contribution < 1.29 is 0 Å². The number of halogens is 1. The molecule has 6 nitrogen and oxygen atoms in total. The van der Waals surface area contributed by atoms with E-state index in [9.17, 15) is 4.79 Å². The molecule has 0 saturated carbocycles. The maximum absolute atomic E-state index is 12.6. The summed E-state index contributed by atoms with van der Waals surface area (Å²) in [6, 6.07) is 23.2. The van der Waals surface area contributed by atoms with Crippen LogP contribution in [0.3, 0.4) is 0 Å². The van der Waals surface area contributed by atoms with E-state index in [4.69, 9.17) is 11.6 Å². The van der Waals surface area contributed by atoms with Gasteiger partial charge in [-0.1, -0.05) is 59.8 Å². The molecule has 5 aromatic rings. The van der Waals surface area contributed by atoms with Gasteiger partial charge < -0.3 is 0 Å². The largest absolute Gasteiger partial charge is 0.298 e. The van der Waals surface area contributed by atoms with E-state index in [1.165, 1.54) is 11.8 Å². The lowest BCUT2D eigenvalue weighted by atomic mass is 10.2. The quantitative estimate of drug-likeness (QED) is 0.315. The molecule has 33 heavy (non-hydrogen) atoms. The Morgan fingerprint density at radius 2 is 1.76 bits per heavy atom. The van der Waals surface area contributed by atoms with Crippen molar-refractivity contribution in [2.24, 2.45) is 0 Å². The van der Waals surface area contributed by atoms with Crippen LogP contribution in [0.4, 0.5) is 0 Å². The number of benzene rings is 2. The molecule has 0 atom stereocenters. The lowest BCUT2D eigenvalue weighted by Crippen LogP contribution is -2.15. The summed E-state index contributed by atoms with van der Waals surface area (Å²) in [5, 5.41) is 10.4. The molecule has 0 aliphatic rings. The highest BCUT2D eigenvalue weighted by Gasteiger charge is 2.16. The third kappa shape index (κ3) is 4.69. The minimum Gasteiger partial charge on any atom is -0.298 e. The molecule has 0 radical (unpaired) electrons. The Kier molecular flexibility index (Phi) is 5.98. The summed E-state index contributed by atoms with van der Waals surface area (Å²) in [6.07, 6.45) is 1.80. The summed E-state index contributed by atoms with van der Waals surface area (Å²) >= 11 is 7.58. The van der Waals surface area contributed by atoms with Gasteiger partial charge in [0.25, 0.3) is 5.56 Å². The van der Waals surface area contributed by atoms with Crippen LogP contribution in [0, 0.1) is 6.92 Å². The van der Waals surface area contributed by atoms with E-state index in [0.717, 1.165) is 27.7 Å². The number of pyridine rings is 1. The van der Waals surface area contributed by atoms with E-state index < -0.39 is 0 Å². The van der Waals surface area contributed by atoms with Crippen molar-refractivity contribution in [3.63, 3.8) is 0 Å². The van der Waals surface area contributed by atoms with E-state index in [0.29, 0.717) is 28.7 Å². The number of aryl methyl sites for hydroxylation is 1. The topological polar surface area (TPSA) is 65.1 Å². The number of aromatic nitrogens is 5. The van der Waals surface area contributed by atoms with Crippen LogP contribution in [-0.2, 0) is 12.3 Å². The summed E-state index contributed by atoms with van der Waals surface area (Å²) < 4.78 is 3.65. The molecule has 0 aliphatic heterocycles. The Bertz CT molecular complexity index is 1480. The number of hydrogen-bond acceptors (Lipinski definition) is 5. The highest BCUT2D eigenvalue weighted by atomic mass is 35.5. The molecule has 0 spiro atoms. The molecule has 0 N–H and O–H groups in total. The molecule has 3 aromatic heterocycles. The van der Waals surface area contributed by atoms with Crippen LogP contribution in [0.2, 0.25) is 5.02 Å². The molecule has 2 aromatic carbocycles. The standard InChI is InChI=1S/C25H20ClN5OS/c1-17-7-12-22-27-21(13-23(32)30(22)14-17)16-33-25-29-28-24(19-8-10-20(26)11-9-19)31(25)15-18-5-3-2-4-6-18/h2-14H,15-16H2,1H3.